The Morgan fingerprint density at radius 2 is 2.04 bits per heavy atom. The van der Waals surface area contributed by atoms with Crippen LogP contribution >= 0.6 is 0 Å². The van der Waals surface area contributed by atoms with Crippen LogP contribution in [0.5, 0.6) is 0 Å². The molecule has 3 fully saturated rings. The smallest absolute Gasteiger partial charge is 0.373 e. The number of halogens is 3. The number of carbonyl (C=O) groups excluding carboxylic acids is 1. The molecule has 2 amide bonds. The zero-order valence-electron chi connectivity index (χ0n) is 13.9. The van der Waals surface area contributed by atoms with Crippen LogP contribution in [0, 0.1) is 0 Å². The van der Waals surface area contributed by atoms with Gasteiger partial charge in [0.05, 0.1) is 19.1 Å². The van der Waals surface area contributed by atoms with Gasteiger partial charge in [0.1, 0.15) is 0 Å². The average Bonchev–Trinajstić information content (AvgIpc) is 2.93. The number of nitrogens with one attached hydrogen (secondary N) is 1. The van der Waals surface area contributed by atoms with Crippen molar-refractivity contribution in [1.29, 1.82) is 0 Å². The van der Waals surface area contributed by atoms with Gasteiger partial charge in [-0.2, -0.15) is 13.2 Å². The third-order valence-corrected chi connectivity index (χ3v) is 5.35. The molecule has 5 nitrogen and oxygen atoms in total. The molecule has 0 aromatic rings. The van der Waals surface area contributed by atoms with Crippen molar-refractivity contribution in [2.24, 2.45) is 0 Å². The molecule has 1 N–H and O–H groups in total. The van der Waals surface area contributed by atoms with Gasteiger partial charge in [0.15, 0.2) is 0 Å². The van der Waals surface area contributed by atoms with E-state index in [9.17, 15) is 18.0 Å². The molecule has 2 aliphatic heterocycles. The third-order valence-electron chi connectivity index (χ3n) is 5.35. The number of fused-ring (bicyclic) bond motifs is 1. The highest BCUT2D eigenvalue weighted by atomic mass is 19.4. The van der Waals surface area contributed by atoms with E-state index in [-0.39, 0.29) is 18.7 Å². The Kier molecular flexibility index (Phi) is 5.54. The van der Waals surface area contributed by atoms with E-state index in [4.69, 9.17) is 4.74 Å². The van der Waals surface area contributed by atoms with Gasteiger partial charge in [-0.15, -0.1) is 0 Å². The quantitative estimate of drug-likeness (QED) is 0.829. The molecule has 0 spiro atoms. The molecule has 1 aliphatic carbocycles. The Morgan fingerprint density at radius 3 is 2.71 bits per heavy atom. The van der Waals surface area contributed by atoms with Crippen LogP contribution in [0.4, 0.5) is 18.0 Å². The molecular formula is C16H26F3N3O2. The lowest BCUT2D eigenvalue weighted by Gasteiger charge is -2.39. The van der Waals surface area contributed by atoms with Crippen molar-refractivity contribution in [3.8, 4) is 0 Å². The number of amides is 2. The van der Waals surface area contributed by atoms with Crippen molar-refractivity contribution in [3.05, 3.63) is 0 Å². The normalized spacial score (nSPS) is 28.3. The van der Waals surface area contributed by atoms with Gasteiger partial charge in [0.2, 0.25) is 0 Å². The number of carbonyl (C=O) groups is 1. The summed E-state index contributed by atoms with van der Waals surface area (Å²) in [6, 6.07) is 0.0499. The zero-order chi connectivity index (χ0) is 17.2. The lowest BCUT2D eigenvalue weighted by atomic mass is 9.91. The second-order valence-corrected chi connectivity index (χ2v) is 7.08. The summed E-state index contributed by atoms with van der Waals surface area (Å²) in [5.74, 6) is 0. The number of hydrogen-bond acceptors (Lipinski definition) is 3. The maximum absolute atomic E-state index is 12.5. The highest BCUT2D eigenvalue weighted by Crippen LogP contribution is 2.28. The fourth-order valence-electron chi connectivity index (χ4n) is 3.71. The fourth-order valence-corrected chi connectivity index (χ4v) is 3.71. The Hall–Kier alpha value is -1.02. The highest BCUT2D eigenvalue weighted by Gasteiger charge is 2.35. The summed E-state index contributed by atoms with van der Waals surface area (Å²) in [7, 11) is 0. The van der Waals surface area contributed by atoms with E-state index >= 15 is 0 Å². The van der Waals surface area contributed by atoms with Gasteiger partial charge in [-0.25, -0.2) is 4.79 Å². The van der Waals surface area contributed by atoms with Crippen molar-refractivity contribution in [2.45, 2.75) is 62.9 Å². The van der Waals surface area contributed by atoms with Crippen molar-refractivity contribution in [3.63, 3.8) is 0 Å². The van der Waals surface area contributed by atoms with Crippen LogP contribution in [-0.4, -0.2) is 73.0 Å². The highest BCUT2D eigenvalue weighted by molar-refractivity contribution is 5.74. The molecule has 2 atom stereocenters. The van der Waals surface area contributed by atoms with Crippen LogP contribution in [0.2, 0.25) is 0 Å². The largest absolute Gasteiger partial charge is 0.390 e. The van der Waals surface area contributed by atoms with Crippen LogP contribution in [0.3, 0.4) is 0 Å². The van der Waals surface area contributed by atoms with Gasteiger partial charge in [0.25, 0.3) is 0 Å². The minimum Gasteiger partial charge on any atom is -0.373 e. The maximum Gasteiger partial charge on any atom is 0.390 e. The summed E-state index contributed by atoms with van der Waals surface area (Å²) in [6.45, 7) is 2.63. The SMILES string of the molecule is O=C(NC[C@H]1CN2CCC[C@@H]2CO1)N(CCC(F)(F)F)C1CCC1. The Morgan fingerprint density at radius 1 is 1.25 bits per heavy atom. The van der Waals surface area contributed by atoms with Gasteiger partial charge >= 0.3 is 12.2 Å². The van der Waals surface area contributed by atoms with Gasteiger partial charge in [0, 0.05) is 31.7 Å². The second kappa shape index (κ2) is 7.47. The first-order valence-corrected chi connectivity index (χ1v) is 8.89. The third kappa shape index (κ3) is 4.53. The van der Waals surface area contributed by atoms with E-state index in [2.05, 4.69) is 10.2 Å². The number of alkyl halides is 3. The summed E-state index contributed by atoms with van der Waals surface area (Å²) in [4.78, 5) is 16.1. The first-order valence-electron chi connectivity index (χ1n) is 8.89. The summed E-state index contributed by atoms with van der Waals surface area (Å²) >= 11 is 0. The lowest BCUT2D eigenvalue weighted by Crippen LogP contribution is -2.54. The minimum atomic E-state index is -4.24. The molecule has 2 saturated heterocycles. The molecule has 0 aromatic carbocycles. The molecule has 3 aliphatic rings. The Balaban J connectivity index is 1.46. The standard InChI is InChI=1S/C16H26F3N3O2/c17-16(18,19)6-8-22(12-3-1-4-12)15(23)20-9-14-10-21-7-2-5-13(21)11-24-14/h12-14H,1-11H2,(H,20,23)/t13-,14+/m1/s1. The molecule has 0 radical (unpaired) electrons. The molecule has 3 rings (SSSR count). The molecule has 1 saturated carbocycles. The van der Waals surface area contributed by atoms with Gasteiger partial charge in [-0.3, -0.25) is 4.90 Å². The number of rotatable bonds is 5. The zero-order valence-corrected chi connectivity index (χ0v) is 13.9. The summed E-state index contributed by atoms with van der Waals surface area (Å²) in [5.41, 5.74) is 0. The van der Waals surface area contributed by atoms with E-state index in [1.807, 2.05) is 0 Å². The Bertz CT molecular complexity index is 443. The molecule has 0 unspecified atom stereocenters. The van der Waals surface area contributed by atoms with E-state index in [0.29, 0.717) is 19.2 Å². The average molecular weight is 349 g/mol. The van der Waals surface area contributed by atoms with Crippen LogP contribution in [0.15, 0.2) is 0 Å². The van der Waals surface area contributed by atoms with Crippen LogP contribution in [0.1, 0.15) is 38.5 Å². The molecule has 8 heteroatoms. The maximum atomic E-state index is 12.5. The summed E-state index contributed by atoms with van der Waals surface area (Å²) in [6.07, 6.45) is -0.365. The molecule has 138 valence electrons. The van der Waals surface area contributed by atoms with Gasteiger partial charge in [-0.1, -0.05) is 0 Å². The first-order chi connectivity index (χ1) is 11.4. The van der Waals surface area contributed by atoms with Crippen molar-refractivity contribution < 1.29 is 22.7 Å². The predicted molar refractivity (Wildman–Crippen MR) is 82.8 cm³/mol. The van der Waals surface area contributed by atoms with E-state index in [1.54, 1.807) is 0 Å². The topological polar surface area (TPSA) is 44.8 Å². The molecule has 2 heterocycles. The first kappa shape index (κ1) is 17.8. The number of hydrogen-bond donors (Lipinski definition) is 1. The molecule has 0 aromatic heterocycles. The predicted octanol–water partition coefficient (Wildman–Crippen LogP) is 2.37. The fraction of sp³-hybridized carbons (Fsp3) is 0.938. The Labute approximate surface area is 140 Å². The van der Waals surface area contributed by atoms with Crippen LogP contribution in [-0.2, 0) is 4.74 Å². The second-order valence-electron chi connectivity index (χ2n) is 7.08. The molecule has 0 bridgehead atoms. The lowest BCUT2D eigenvalue weighted by molar-refractivity contribution is -0.138. The van der Waals surface area contributed by atoms with E-state index in [1.165, 1.54) is 11.3 Å². The number of morpholine rings is 1. The number of urea groups is 1. The van der Waals surface area contributed by atoms with E-state index < -0.39 is 18.6 Å². The van der Waals surface area contributed by atoms with Crippen LogP contribution < -0.4 is 5.32 Å². The number of nitrogens with zero attached hydrogens (tertiary/aromatic N) is 2. The number of ether oxygens (including phenoxy) is 1. The van der Waals surface area contributed by atoms with Gasteiger partial charge in [-0.05, 0) is 38.6 Å². The monoisotopic (exact) mass is 349 g/mol. The molecule has 24 heavy (non-hydrogen) atoms. The van der Waals surface area contributed by atoms with Crippen molar-refractivity contribution in [1.82, 2.24) is 15.1 Å². The summed E-state index contributed by atoms with van der Waals surface area (Å²) in [5, 5.41) is 2.79. The van der Waals surface area contributed by atoms with E-state index in [0.717, 1.165) is 38.8 Å². The van der Waals surface area contributed by atoms with Gasteiger partial charge < -0.3 is 15.0 Å². The van der Waals surface area contributed by atoms with Crippen molar-refractivity contribution in [2.75, 3.05) is 32.8 Å². The minimum absolute atomic E-state index is 0.0532. The van der Waals surface area contributed by atoms with Crippen molar-refractivity contribution >= 4 is 6.03 Å². The summed E-state index contributed by atoms with van der Waals surface area (Å²) < 4.78 is 43.2. The van der Waals surface area contributed by atoms with Crippen LogP contribution in [0.25, 0.3) is 0 Å². The molecular weight excluding hydrogens is 323 g/mol.